The number of hydrogen-bond donors (Lipinski definition) is 2. The first kappa shape index (κ1) is 11.5. The van der Waals surface area contributed by atoms with Gasteiger partial charge >= 0.3 is 0 Å². The smallest absolute Gasteiger partial charge is 0.0309 e. The van der Waals surface area contributed by atoms with Crippen LogP contribution in [0.2, 0.25) is 0 Å². The van der Waals surface area contributed by atoms with Gasteiger partial charge in [-0.2, -0.15) is 0 Å². The summed E-state index contributed by atoms with van der Waals surface area (Å²) in [7, 11) is 0. The SMILES string of the molecule is Cl.Cl.NCC12CC(CCN1)C2. The Morgan fingerprint density at radius 3 is 2.27 bits per heavy atom. The molecular weight excluding hydrogens is 183 g/mol. The maximum Gasteiger partial charge on any atom is 0.0309 e. The lowest BCUT2D eigenvalue weighted by Gasteiger charge is -2.52. The quantitative estimate of drug-likeness (QED) is 0.659. The second-order valence-electron chi connectivity index (χ2n) is 3.47. The van der Waals surface area contributed by atoms with Crippen LogP contribution < -0.4 is 11.1 Å². The minimum absolute atomic E-state index is 0. The van der Waals surface area contributed by atoms with E-state index in [0.29, 0.717) is 5.54 Å². The van der Waals surface area contributed by atoms with Gasteiger partial charge in [0.15, 0.2) is 0 Å². The highest BCUT2D eigenvalue weighted by atomic mass is 35.5. The number of rotatable bonds is 1. The zero-order valence-electron chi connectivity index (χ0n) is 6.51. The number of halogens is 2. The van der Waals surface area contributed by atoms with E-state index in [-0.39, 0.29) is 24.8 Å². The molecule has 1 aliphatic carbocycles. The molecule has 0 aromatic rings. The van der Waals surface area contributed by atoms with Crippen molar-refractivity contribution in [3.63, 3.8) is 0 Å². The fraction of sp³-hybridized carbons (Fsp3) is 1.00. The molecule has 3 N–H and O–H groups in total. The van der Waals surface area contributed by atoms with Crippen LogP contribution in [0.25, 0.3) is 0 Å². The lowest BCUT2D eigenvalue weighted by molar-refractivity contribution is 0.0603. The van der Waals surface area contributed by atoms with Gasteiger partial charge in [-0.1, -0.05) is 0 Å². The van der Waals surface area contributed by atoms with Gasteiger partial charge in [-0.25, -0.2) is 0 Å². The Bertz CT molecular complexity index is 118. The Hall–Kier alpha value is 0.500. The molecule has 2 heterocycles. The van der Waals surface area contributed by atoms with E-state index in [9.17, 15) is 0 Å². The molecule has 0 unspecified atom stereocenters. The van der Waals surface area contributed by atoms with Crippen LogP contribution in [0, 0.1) is 5.92 Å². The van der Waals surface area contributed by atoms with Gasteiger partial charge in [0.1, 0.15) is 0 Å². The van der Waals surface area contributed by atoms with Gasteiger partial charge in [0.25, 0.3) is 0 Å². The molecule has 11 heavy (non-hydrogen) atoms. The number of nitrogens with one attached hydrogen (secondary N) is 1. The molecule has 0 atom stereocenters. The van der Waals surface area contributed by atoms with Crippen molar-refractivity contribution in [3.05, 3.63) is 0 Å². The summed E-state index contributed by atoms with van der Waals surface area (Å²) >= 11 is 0. The highest BCUT2D eigenvalue weighted by Crippen LogP contribution is 2.42. The molecule has 0 amide bonds. The van der Waals surface area contributed by atoms with Crippen molar-refractivity contribution in [3.8, 4) is 0 Å². The molecule has 3 rings (SSSR count). The van der Waals surface area contributed by atoms with Gasteiger partial charge in [-0.05, 0) is 31.7 Å². The van der Waals surface area contributed by atoms with Gasteiger partial charge in [0, 0.05) is 12.1 Å². The Labute approximate surface area is 80.1 Å². The first-order chi connectivity index (χ1) is 4.35. The molecule has 3 aliphatic rings. The molecule has 2 saturated heterocycles. The van der Waals surface area contributed by atoms with Gasteiger partial charge in [-0.15, -0.1) is 24.8 Å². The summed E-state index contributed by atoms with van der Waals surface area (Å²) < 4.78 is 0. The standard InChI is InChI=1S/C7H14N2.2ClH/c8-5-7-3-6(4-7)1-2-9-7;;/h6,9H,1-5,8H2;2*1H. The third kappa shape index (κ3) is 1.81. The third-order valence-corrected chi connectivity index (χ3v) is 2.80. The summed E-state index contributed by atoms with van der Waals surface area (Å²) in [4.78, 5) is 0. The van der Waals surface area contributed by atoms with Crippen molar-refractivity contribution < 1.29 is 0 Å². The van der Waals surface area contributed by atoms with E-state index in [4.69, 9.17) is 5.73 Å². The summed E-state index contributed by atoms with van der Waals surface area (Å²) in [5.74, 6) is 1.01. The Balaban J connectivity index is 0.000000500. The molecule has 3 fully saturated rings. The molecule has 0 radical (unpaired) electrons. The van der Waals surface area contributed by atoms with Crippen LogP contribution in [-0.4, -0.2) is 18.6 Å². The minimum Gasteiger partial charge on any atom is -0.329 e. The number of hydrogen-bond acceptors (Lipinski definition) is 2. The second kappa shape index (κ2) is 3.94. The van der Waals surface area contributed by atoms with Crippen molar-refractivity contribution in [1.82, 2.24) is 5.32 Å². The van der Waals surface area contributed by atoms with Crippen LogP contribution in [0.15, 0.2) is 0 Å². The van der Waals surface area contributed by atoms with Crippen LogP contribution in [0.3, 0.4) is 0 Å². The Morgan fingerprint density at radius 2 is 2.00 bits per heavy atom. The van der Waals surface area contributed by atoms with E-state index in [1.165, 1.54) is 25.8 Å². The predicted octanol–water partition coefficient (Wildman–Crippen LogP) is 0.931. The number of fused-ring (bicyclic) bond motifs is 2. The van der Waals surface area contributed by atoms with Crippen molar-refractivity contribution in [2.45, 2.75) is 24.8 Å². The molecule has 0 aromatic heterocycles. The lowest BCUT2D eigenvalue weighted by atomic mass is 9.64. The van der Waals surface area contributed by atoms with E-state index >= 15 is 0 Å². The molecule has 0 aromatic carbocycles. The van der Waals surface area contributed by atoms with Crippen molar-refractivity contribution in [2.75, 3.05) is 13.1 Å². The Morgan fingerprint density at radius 1 is 1.36 bits per heavy atom. The first-order valence-corrected chi connectivity index (χ1v) is 3.80. The van der Waals surface area contributed by atoms with Crippen LogP contribution >= 0.6 is 24.8 Å². The zero-order valence-corrected chi connectivity index (χ0v) is 8.14. The fourth-order valence-electron chi connectivity index (χ4n) is 2.17. The average molecular weight is 199 g/mol. The van der Waals surface area contributed by atoms with Crippen LogP contribution in [0.5, 0.6) is 0 Å². The van der Waals surface area contributed by atoms with Crippen molar-refractivity contribution in [2.24, 2.45) is 11.7 Å². The highest BCUT2D eigenvalue weighted by Gasteiger charge is 2.45. The van der Waals surface area contributed by atoms with Crippen LogP contribution in [-0.2, 0) is 0 Å². The molecule has 2 bridgehead atoms. The number of piperidine rings is 2. The monoisotopic (exact) mass is 198 g/mol. The normalized spacial score (nSPS) is 39.5. The van der Waals surface area contributed by atoms with Gasteiger partial charge in [-0.3, -0.25) is 0 Å². The molecule has 4 heteroatoms. The lowest BCUT2D eigenvalue weighted by Crippen LogP contribution is -2.64. The van der Waals surface area contributed by atoms with Gasteiger partial charge < -0.3 is 11.1 Å². The van der Waals surface area contributed by atoms with E-state index < -0.39 is 0 Å². The van der Waals surface area contributed by atoms with E-state index in [1.807, 2.05) is 0 Å². The summed E-state index contributed by atoms with van der Waals surface area (Å²) in [6, 6.07) is 0. The van der Waals surface area contributed by atoms with Crippen LogP contribution in [0.1, 0.15) is 19.3 Å². The molecule has 2 aliphatic heterocycles. The molecule has 1 saturated carbocycles. The molecule has 0 spiro atoms. The maximum absolute atomic E-state index is 5.61. The molecule has 2 nitrogen and oxygen atoms in total. The highest BCUT2D eigenvalue weighted by molar-refractivity contribution is 5.85. The second-order valence-corrected chi connectivity index (χ2v) is 3.47. The van der Waals surface area contributed by atoms with Crippen molar-refractivity contribution in [1.29, 1.82) is 0 Å². The van der Waals surface area contributed by atoms with Crippen molar-refractivity contribution >= 4 is 24.8 Å². The topological polar surface area (TPSA) is 38.0 Å². The van der Waals surface area contributed by atoms with Gasteiger partial charge in [0.05, 0.1) is 0 Å². The largest absolute Gasteiger partial charge is 0.329 e. The summed E-state index contributed by atoms with van der Waals surface area (Å²) in [6.45, 7) is 2.03. The number of nitrogens with two attached hydrogens (primary N) is 1. The fourth-order valence-corrected chi connectivity index (χ4v) is 2.17. The van der Waals surface area contributed by atoms with E-state index in [1.54, 1.807) is 0 Å². The Kier molecular flexibility index (Phi) is 4.12. The summed E-state index contributed by atoms with van der Waals surface area (Å²) in [5, 5.41) is 3.49. The molecular formula is C7H16Cl2N2. The van der Waals surface area contributed by atoms with Gasteiger partial charge in [0.2, 0.25) is 0 Å². The summed E-state index contributed by atoms with van der Waals surface area (Å²) in [6.07, 6.45) is 4.05. The predicted molar refractivity (Wildman–Crippen MR) is 51.6 cm³/mol. The third-order valence-electron chi connectivity index (χ3n) is 2.80. The minimum atomic E-state index is 0. The van der Waals surface area contributed by atoms with E-state index in [0.717, 1.165) is 12.5 Å². The van der Waals surface area contributed by atoms with E-state index in [2.05, 4.69) is 5.32 Å². The average Bonchev–Trinajstić information content (AvgIpc) is 1.88. The van der Waals surface area contributed by atoms with Crippen LogP contribution in [0.4, 0.5) is 0 Å². The summed E-state index contributed by atoms with van der Waals surface area (Å²) in [5.41, 5.74) is 6.00. The maximum atomic E-state index is 5.61. The molecule has 68 valence electrons. The zero-order chi connectivity index (χ0) is 6.32. The first-order valence-electron chi connectivity index (χ1n) is 3.80.